The zero-order valence-corrected chi connectivity index (χ0v) is 16.5. The summed E-state index contributed by atoms with van der Waals surface area (Å²) in [5, 5.41) is 0. The molecule has 1 aliphatic rings. The maximum Gasteiger partial charge on any atom is 0.309 e. The number of carbonyl (C=O) groups is 2. The van der Waals surface area contributed by atoms with Crippen molar-refractivity contribution in [2.24, 2.45) is 5.92 Å². The van der Waals surface area contributed by atoms with Crippen LogP contribution in [0.2, 0.25) is 0 Å². The van der Waals surface area contributed by atoms with E-state index in [-0.39, 0.29) is 17.8 Å². The van der Waals surface area contributed by atoms with Gasteiger partial charge in [-0.25, -0.2) is 0 Å². The molecule has 0 saturated carbocycles. The fraction of sp³-hybridized carbons (Fsp3) is 0.579. The minimum absolute atomic E-state index is 0.0110. The van der Waals surface area contributed by atoms with E-state index in [4.69, 9.17) is 9.47 Å². The number of hydrogen-bond donors (Lipinski definition) is 0. The smallest absolute Gasteiger partial charge is 0.309 e. The van der Waals surface area contributed by atoms with Gasteiger partial charge in [0.15, 0.2) is 0 Å². The first-order valence-corrected chi connectivity index (χ1v) is 9.74. The summed E-state index contributed by atoms with van der Waals surface area (Å²) in [5.74, 6) is 0.505. The summed E-state index contributed by atoms with van der Waals surface area (Å²) in [7, 11) is 0. The molecule has 1 aliphatic heterocycles. The van der Waals surface area contributed by atoms with E-state index in [9.17, 15) is 9.59 Å². The molecule has 138 valence electrons. The molecule has 2 rings (SSSR count). The van der Waals surface area contributed by atoms with Gasteiger partial charge < -0.3 is 14.4 Å². The molecule has 0 atom stereocenters. The Morgan fingerprint density at radius 3 is 2.56 bits per heavy atom. The average Bonchev–Trinajstić information content (AvgIpc) is 2.63. The molecule has 0 aliphatic carbocycles. The van der Waals surface area contributed by atoms with E-state index in [1.54, 1.807) is 17.0 Å². The van der Waals surface area contributed by atoms with Crippen LogP contribution in [-0.4, -0.2) is 43.1 Å². The van der Waals surface area contributed by atoms with Gasteiger partial charge in [0, 0.05) is 18.7 Å². The van der Waals surface area contributed by atoms with Gasteiger partial charge in [0.1, 0.15) is 5.75 Å². The number of ether oxygens (including phenoxy) is 2. The SMILES string of the molecule is CCCCOc1ccc(C(=O)N2CCC(C(=O)OCC)CC2)cc1Br. The van der Waals surface area contributed by atoms with Crippen LogP contribution in [-0.2, 0) is 9.53 Å². The number of carbonyl (C=O) groups excluding carboxylic acids is 2. The quantitative estimate of drug-likeness (QED) is 0.501. The minimum Gasteiger partial charge on any atom is -0.492 e. The van der Waals surface area contributed by atoms with Gasteiger partial charge in [0.05, 0.1) is 23.6 Å². The molecule has 1 aromatic rings. The Labute approximate surface area is 157 Å². The fourth-order valence-electron chi connectivity index (χ4n) is 2.84. The lowest BCUT2D eigenvalue weighted by Gasteiger charge is -2.31. The molecule has 1 amide bonds. The number of unbranched alkanes of at least 4 members (excludes halogenated alkanes) is 1. The molecule has 0 N–H and O–H groups in total. The first kappa shape index (κ1) is 19.8. The second-order valence-corrected chi connectivity index (χ2v) is 7.02. The number of benzene rings is 1. The molecule has 6 heteroatoms. The number of piperidine rings is 1. The van der Waals surface area contributed by atoms with E-state index < -0.39 is 0 Å². The first-order chi connectivity index (χ1) is 12.1. The molecule has 5 nitrogen and oxygen atoms in total. The molecule has 25 heavy (non-hydrogen) atoms. The van der Waals surface area contributed by atoms with Gasteiger partial charge in [-0.2, -0.15) is 0 Å². The molecular formula is C19H26BrNO4. The molecule has 0 radical (unpaired) electrons. The maximum atomic E-state index is 12.7. The normalized spacial score (nSPS) is 15.1. The standard InChI is InChI=1S/C19H26BrNO4/c1-3-5-12-25-17-7-6-15(13-16(17)20)18(22)21-10-8-14(9-11-21)19(23)24-4-2/h6-7,13-14H,3-5,8-12H2,1-2H3. The summed E-state index contributed by atoms with van der Waals surface area (Å²) in [6.07, 6.45) is 3.40. The number of nitrogens with zero attached hydrogens (tertiary/aromatic N) is 1. The van der Waals surface area contributed by atoms with E-state index in [0.29, 0.717) is 44.7 Å². The van der Waals surface area contributed by atoms with Gasteiger partial charge in [0.2, 0.25) is 0 Å². The Morgan fingerprint density at radius 2 is 1.96 bits per heavy atom. The van der Waals surface area contributed by atoms with Crippen molar-refractivity contribution in [2.75, 3.05) is 26.3 Å². The molecular weight excluding hydrogens is 386 g/mol. The van der Waals surface area contributed by atoms with Crippen LogP contribution in [0.15, 0.2) is 22.7 Å². The molecule has 1 aromatic carbocycles. The molecule has 1 saturated heterocycles. The summed E-state index contributed by atoms with van der Waals surface area (Å²) < 4.78 is 11.6. The monoisotopic (exact) mass is 411 g/mol. The van der Waals surface area contributed by atoms with Crippen molar-refractivity contribution in [1.29, 1.82) is 0 Å². The van der Waals surface area contributed by atoms with Crippen LogP contribution in [0.5, 0.6) is 5.75 Å². The Hall–Kier alpha value is -1.56. The Bertz CT molecular complexity index is 597. The van der Waals surface area contributed by atoms with Gasteiger partial charge in [0.25, 0.3) is 5.91 Å². The third-order valence-electron chi connectivity index (χ3n) is 4.34. The highest BCUT2D eigenvalue weighted by Gasteiger charge is 2.28. The van der Waals surface area contributed by atoms with Crippen LogP contribution in [0.3, 0.4) is 0 Å². The third-order valence-corrected chi connectivity index (χ3v) is 4.96. The number of rotatable bonds is 7. The van der Waals surface area contributed by atoms with Gasteiger partial charge in [-0.3, -0.25) is 9.59 Å². The van der Waals surface area contributed by atoms with Crippen molar-refractivity contribution in [3.05, 3.63) is 28.2 Å². The first-order valence-electron chi connectivity index (χ1n) is 8.95. The summed E-state index contributed by atoms with van der Waals surface area (Å²) in [6, 6.07) is 5.44. The van der Waals surface area contributed by atoms with Crippen molar-refractivity contribution >= 4 is 27.8 Å². The van der Waals surface area contributed by atoms with E-state index >= 15 is 0 Å². The summed E-state index contributed by atoms with van der Waals surface area (Å²) in [5.41, 5.74) is 0.629. The molecule has 0 bridgehead atoms. The summed E-state index contributed by atoms with van der Waals surface area (Å²) >= 11 is 3.48. The summed E-state index contributed by atoms with van der Waals surface area (Å²) in [6.45, 7) is 6.15. The topological polar surface area (TPSA) is 55.8 Å². The minimum atomic E-state index is -0.147. The van der Waals surface area contributed by atoms with E-state index in [1.165, 1.54) is 0 Å². The second kappa shape index (κ2) is 9.80. The number of amides is 1. The average molecular weight is 412 g/mol. The largest absolute Gasteiger partial charge is 0.492 e. The highest BCUT2D eigenvalue weighted by molar-refractivity contribution is 9.10. The highest BCUT2D eigenvalue weighted by Crippen LogP contribution is 2.28. The van der Waals surface area contributed by atoms with E-state index in [1.807, 2.05) is 13.0 Å². The van der Waals surface area contributed by atoms with Crippen LogP contribution >= 0.6 is 15.9 Å². The van der Waals surface area contributed by atoms with Crippen LogP contribution in [0.25, 0.3) is 0 Å². The van der Waals surface area contributed by atoms with Crippen molar-refractivity contribution in [1.82, 2.24) is 4.90 Å². The molecule has 1 heterocycles. The number of esters is 1. The number of halogens is 1. The number of hydrogen-bond acceptors (Lipinski definition) is 4. The Morgan fingerprint density at radius 1 is 1.24 bits per heavy atom. The molecule has 0 spiro atoms. The Kier molecular flexibility index (Phi) is 7.75. The predicted octanol–water partition coefficient (Wildman–Crippen LogP) is 4.04. The maximum absolute atomic E-state index is 12.7. The van der Waals surface area contributed by atoms with Crippen molar-refractivity contribution in [2.45, 2.75) is 39.5 Å². The van der Waals surface area contributed by atoms with Crippen LogP contribution in [0, 0.1) is 5.92 Å². The van der Waals surface area contributed by atoms with E-state index in [0.717, 1.165) is 23.1 Å². The Balaban J connectivity index is 1.93. The van der Waals surface area contributed by atoms with Crippen LogP contribution in [0.1, 0.15) is 49.9 Å². The lowest BCUT2D eigenvalue weighted by Crippen LogP contribution is -2.40. The van der Waals surface area contributed by atoms with Crippen molar-refractivity contribution in [3.8, 4) is 5.75 Å². The summed E-state index contributed by atoms with van der Waals surface area (Å²) in [4.78, 5) is 26.3. The van der Waals surface area contributed by atoms with Crippen molar-refractivity contribution < 1.29 is 19.1 Å². The van der Waals surface area contributed by atoms with Gasteiger partial charge in [-0.1, -0.05) is 13.3 Å². The fourth-order valence-corrected chi connectivity index (χ4v) is 3.33. The van der Waals surface area contributed by atoms with Crippen molar-refractivity contribution in [3.63, 3.8) is 0 Å². The van der Waals surface area contributed by atoms with Crippen LogP contribution in [0.4, 0.5) is 0 Å². The van der Waals surface area contributed by atoms with Gasteiger partial charge in [-0.05, 0) is 60.3 Å². The van der Waals surface area contributed by atoms with E-state index in [2.05, 4.69) is 22.9 Å². The predicted molar refractivity (Wildman–Crippen MR) is 99.8 cm³/mol. The third kappa shape index (κ3) is 5.46. The zero-order chi connectivity index (χ0) is 18.2. The second-order valence-electron chi connectivity index (χ2n) is 6.17. The van der Waals surface area contributed by atoms with Gasteiger partial charge in [-0.15, -0.1) is 0 Å². The lowest BCUT2D eigenvalue weighted by molar-refractivity contribution is -0.149. The highest BCUT2D eigenvalue weighted by atomic mass is 79.9. The number of likely N-dealkylation sites (tertiary alicyclic amines) is 1. The van der Waals surface area contributed by atoms with Gasteiger partial charge >= 0.3 is 5.97 Å². The molecule has 1 fully saturated rings. The molecule has 0 aromatic heterocycles. The van der Waals surface area contributed by atoms with Crippen LogP contribution < -0.4 is 4.74 Å². The lowest BCUT2D eigenvalue weighted by atomic mass is 9.96. The zero-order valence-electron chi connectivity index (χ0n) is 14.9. The molecule has 0 unspecified atom stereocenters.